The van der Waals surface area contributed by atoms with Crippen molar-refractivity contribution in [1.82, 2.24) is 10.9 Å². The van der Waals surface area contributed by atoms with Gasteiger partial charge in [-0.1, -0.05) is 26.7 Å². The van der Waals surface area contributed by atoms with Crippen LogP contribution < -0.4 is 10.9 Å². The minimum Gasteiger partial charge on any atom is -0.291 e. The van der Waals surface area contributed by atoms with E-state index in [4.69, 9.17) is 0 Å². The quantitative estimate of drug-likeness (QED) is 0.666. The molecule has 0 aromatic heterocycles. The fourth-order valence-electron chi connectivity index (χ4n) is 2.89. The van der Waals surface area contributed by atoms with Crippen LogP contribution in [0, 0.1) is 17.8 Å². The third-order valence-electron chi connectivity index (χ3n) is 3.80. The maximum atomic E-state index is 11.3. The van der Waals surface area contributed by atoms with E-state index in [1.165, 1.54) is 25.7 Å². The van der Waals surface area contributed by atoms with Crippen molar-refractivity contribution in [3.8, 4) is 0 Å². The van der Waals surface area contributed by atoms with Crippen LogP contribution in [-0.4, -0.2) is 11.9 Å². The van der Waals surface area contributed by atoms with E-state index in [0.29, 0.717) is 12.0 Å². The summed E-state index contributed by atoms with van der Waals surface area (Å²) in [6.45, 7) is 4.35. The molecule has 1 aliphatic heterocycles. The highest BCUT2D eigenvalue weighted by Gasteiger charge is 2.37. The highest BCUT2D eigenvalue weighted by molar-refractivity contribution is 5.80. The first-order chi connectivity index (χ1) is 6.68. The second-order valence-corrected chi connectivity index (χ2v) is 4.98. The number of nitrogens with one attached hydrogen (secondary N) is 2. The molecular formula is C11H20N2O. The SMILES string of the molecule is CC1CCCC(C2NNC(=O)C2C)C1. The van der Waals surface area contributed by atoms with Crippen LogP contribution >= 0.6 is 0 Å². The van der Waals surface area contributed by atoms with Crippen LogP contribution in [0.1, 0.15) is 39.5 Å². The topological polar surface area (TPSA) is 41.1 Å². The lowest BCUT2D eigenvalue weighted by molar-refractivity contribution is -0.122. The van der Waals surface area contributed by atoms with Crippen molar-refractivity contribution in [3.05, 3.63) is 0 Å². The van der Waals surface area contributed by atoms with Gasteiger partial charge in [0.05, 0.1) is 5.92 Å². The molecule has 2 rings (SSSR count). The van der Waals surface area contributed by atoms with Crippen LogP contribution in [0.2, 0.25) is 0 Å². The number of hydrogen-bond donors (Lipinski definition) is 2. The van der Waals surface area contributed by atoms with E-state index in [9.17, 15) is 4.79 Å². The van der Waals surface area contributed by atoms with E-state index in [-0.39, 0.29) is 11.8 Å². The maximum Gasteiger partial charge on any atom is 0.238 e. The van der Waals surface area contributed by atoms with Crippen LogP contribution in [0.3, 0.4) is 0 Å². The number of hydrazine groups is 1. The molecule has 2 aliphatic rings. The number of carbonyl (C=O) groups is 1. The molecule has 3 heteroatoms. The van der Waals surface area contributed by atoms with Gasteiger partial charge in [-0.2, -0.15) is 0 Å². The predicted molar refractivity (Wildman–Crippen MR) is 55.4 cm³/mol. The van der Waals surface area contributed by atoms with Gasteiger partial charge in [0.25, 0.3) is 0 Å². The largest absolute Gasteiger partial charge is 0.291 e. The fraction of sp³-hybridized carbons (Fsp3) is 0.909. The Morgan fingerprint density at radius 1 is 1.29 bits per heavy atom. The summed E-state index contributed by atoms with van der Waals surface area (Å²) < 4.78 is 0. The Morgan fingerprint density at radius 3 is 2.64 bits per heavy atom. The molecule has 1 amide bonds. The van der Waals surface area contributed by atoms with Gasteiger partial charge in [-0.05, 0) is 24.7 Å². The molecule has 1 aliphatic carbocycles. The summed E-state index contributed by atoms with van der Waals surface area (Å²) >= 11 is 0. The normalized spacial score (nSPS) is 43.7. The van der Waals surface area contributed by atoms with Crippen molar-refractivity contribution in [3.63, 3.8) is 0 Å². The monoisotopic (exact) mass is 196 g/mol. The van der Waals surface area contributed by atoms with Gasteiger partial charge in [0.2, 0.25) is 5.91 Å². The van der Waals surface area contributed by atoms with E-state index in [0.717, 1.165) is 5.92 Å². The summed E-state index contributed by atoms with van der Waals surface area (Å²) in [7, 11) is 0. The lowest BCUT2D eigenvalue weighted by atomic mass is 9.76. The third-order valence-corrected chi connectivity index (χ3v) is 3.80. The minimum absolute atomic E-state index is 0.144. The summed E-state index contributed by atoms with van der Waals surface area (Å²) in [6, 6.07) is 0.366. The molecule has 4 atom stereocenters. The van der Waals surface area contributed by atoms with Crippen molar-refractivity contribution < 1.29 is 4.79 Å². The second-order valence-electron chi connectivity index (χ2n) is 4.98. The van der Waals surface area contributed by atoms with E-state index >= 15 is 0 Å². The van der Waals surface area contributed by atoms with Crippen molar-refractivity contribution in [2.75, 3.05) is 0 Å². The third kappa shape index (κ3) is 1.78. The van der Waals surface area contributed by atoms with Crippen LogP contribution in [-0.2, 0) is 4.79 Å². The second kappa shape index (κ2) is 3.89. The standard InChI is InChI=1S/C11H20N2O/c1-7-4-3-5-9(6-7)10-8(2)11(14)13-12-10/h7-10,12H,3-6H2,1-2H3,(H,13,14). The number of hydrogen-bond acceptors (Lipinski definition) is 2. The average Bonchev–Trinajstić information content (AvgIpc) is 2.48. The van der Waals surface area contributed by atoms with Gasteiger partial charge in [-0.15, -0.1) is 0 Å². The van der Waals surface area contributed by atoms with Crippen molar-refractivity contribution in [2.45, 2.75) is 45.6 Å². The maximum absolute atomic E-state index is 11.3. The lowest BCUT2D eigenvalue weighted by Crippen LogP contribution is -2.39. The van der Waals surface area contributed by atoms with E-state index in [2.05, 4.69) is 17.8 Å². The number of amides is 1. The predicted octanol–water partition coefficient (Wildman–Crippen LogP) is 1.45. The molecule has 2 fully saturated rings. The van der Waals surface area contributed by atoms with Gasteiger partial charge in [-0.25, -0.2) is 5.43 Å². The van der Waals surface area contributed by atoms with Crippen molar-refractivity contribution in [2.24, 2.45) is 17.8 Å². The smallest absolute Gasteiger partial charge is 0.238 e. The number of carbonyl (C=O) groups excluding carboxylic acids is 1. The molecule has 1 heterocycles. The molecule has 4 unspecified atom stereocenters. The summed E-state index contributed by atoms with van der Waals surface area (Å²) in [5, 5.41) is 0. The number of rotatable bonds is 1. The Morgan fingerprint density at radius 2 is 2.07 bits per heavy atom. The highest BCUT2D eigenvalue weighted by atomic mass is 16.2. The zero-order valence-corrected chi connectivity index (χ0v) is 9.05. The van der Waals surface area contributed by atoms with Crippen LogP contribution in [0.5, 0.6) is 0 Å². The van der Waals surface area contributed by atoms with Gasteiger partial charge < -0.3 is 0 Å². The first-order valence-corrected chi connectivity index (χ1v) is 5.74. The summed E-state index contributed by atoms with van der Waals surface area (Å²) in [5.41, 5.74) is 5.89. The van der Waals surface area contributed by atoms with Crippen molar-refractivity contribution in [1.29, 1.82) is 0 Å². The van der Waals surface area contributed by atoms with Crippen LogP contribution in [0.25, 0.3) is 0 Å². The first kappa shape index (κ1) is 9.97. The summed E-state index contributed by atoms with van der Waals surface area (Å²) in [6.07, 6.45) is 5.24. The molecule has 0 aromatic carbocycles. The molecule has 0 bridgehead atoms. The molecule has 80 valence electrons. The molecule has 3 nitrogen and oxygen atoms in total. The van der Waals surface area contributed by atoms with Gasteiger partial charge >= 0.3 is 0 Å². The zero-order valence-electron chi connectivity index (χ0n) is 9.05. The van der Waals surface area contributed by atoms with Crippen LogP contribution in [0.15, 0.2) is 0 Å². The fourth-order valence-corrected chi connectivity index (χ4v) is 2.89. The highest BCUT2D eigenvalue weighted by Crippen LogP contribution is 2.33. The van der Waals surface area contributed by atoms with E-state index in [1.807, 2.05) is 6.92 Å². The average molecular weight is 196 g/mol. The molecule has 2 N–H and O–H groups in total. The molecule has 0 radical (unpaired) electrons. The molecule has 1 saturated heterocycles. The van der Waals surface area contributed by atoms with Crippen LogP contribution in [0.4, 0.5) is 0 Å². The Labute approximate surface area is 85.6 Å². The molecule has 0 spiro atoms. The van der Waals surface area contributed by atoms with Gasteiger partial charge in [0.1, 0.15) is 0 Å². The molecule has 14 heavy (non-hydrogen) atoms. The van der Waals surface area contributed by atoms with E-state index in [1.54, 1.807) is 0 Å². The van der Waals surface area contributed by atoms with Crippen molar-refractivity contribution >= 4 is 5.91 Å². The first-order valence-electron chi connectivity index (χ1n) is 5.74. The minimum atomic E-state index is 0.144. The van der Waals surface area contributed by atoms with Gasteiger partial charge in [0.15, 0.2) is 0 Å². The van der Waals surface area contributed by atoms with Gasteiger partial charge in [-0.3, -0.25) is 10.2 Å². The lowest BCUT2D eigenvalue weighted by Gasteiger charge is -2.32. The molecule has 1 saturated carbocycles. The molecule has 0 aromatic rings. The summed E-state index contributed by atoms with van der Waals surface area (Å²) in [5.74, 6) is 1.82. The Hall–Kier alpha value is -0.570. The summed E-state index contributed by atoms with van der Waals surface area (Å²) in [4.78, 5) is 11.3. The van der Waals surface area contributed by atoms with E-state index < -0.39 is 0 Å². The Balaban J connectivity index is 1.97. The Kier molecular flexibility index (Phi) is 2.77. The Bertz CT molecular complexity index is 229. The molecular weight excluding hydrogens is 176 g/mol. The zero-order chi connectivity index (χ0) is 10.1. The van der Waals surface area contributed by atoms with Gasteiger partial charge in [0, 0.05) is 6.04 Å².